The summed E-state index contributed by atoms with van der Waals surface area (Å²) in [5, 5.41) is 7.89. The molecule has 0 saturated heterocycles. The first-order valence-electron chi connectivity index (χ1n) is 10.5. The molecule has 6 N–H and O–H groups in total. The van der Waals surface area contributed by atoms with Gasteiger partial charge < -0.3 is 26.3 Å². The van der Waals surface area contributed by atoms with Crippen LogP contribution in [0, 0.1) is 0 Å². The van der Waals surface area contributed by atoms with Gasteiger partial charge in [-0.25, -0.2) is 0 Å². The second-order valence-corrected chi connectivity index (χ2v) is 7.65. The maximum Gasteiger partial charge on any atom is 0.242 e. The van der Waals surface area contributed by atoms with E-state index in [1.165, 1.54) is 0 Å². The molecule has 2 aromatic carbocycles. The summed E-state index contributed by atoms with van der Waals surface area (Å²) in [7, 11) is 0. The number of hydrogen-bond acceptors (Lipinski definition) is 3. The molecule has 7 nitrogen and oxygen atoms in total. The summed E-state index contributed by atoms with van der Waals surface area (Å²) in [6.45, 7) is 0.984. The van der Waals surface area contributed by atoms with E-state index in [0.717, 1.165) is 32.9 Å². The van der Waals surface area contributed by atoms with E-state index in [-0.39, 0.29) is 18.2 Å². The predicted molar refractivity (Wildman–Crippen MR) is 123 cm³/mol. The molecule has 0 radical (unpaired) electrons. The highest BCUT2D eigenvalue weighted by Crippen LogP contribution is 2.20. The van der Waals surface area contributed by atoms with Crippen molar-refractivity contribution in [3.63, 3.8) is 0 Å². The molecular formula is C24H27N5O2. The fraction of sp³-hybridized carbons (Fsp3) is 0.250. The van der Waals surface area contributed by atoms with Crippen LogP contribution in [0.3, 0.4) is 0 Å². The molecule has 4 rings (SSSR count). The van der Waals surface area contributed by atoms with Gasteiger partial charge in [0.15, 0.2) is 0 Å². The van der Waals surface area contributed by atoms with Crippen LogP contribution in [-0.2, 0) is 22.4 Å². The Kier molecular flexibility index (Phi) is 6.33. The molecule has 1 atom stereocenters. The molecule has 0 fully saturated rings. The van der Waals surface area contributed by atoms with E-state index in [1.54, 1.807) is 0 Å². The summed E-state index contributed by atoms with van der Waals surface area (Å²) in [5.74, 6) is -0.394. The van der Waals surface area contributed by atoms with E-state index in [1.807, 2.05) is 60.9 Å². The van der Waals surface area contributed by atoms with Gasteiger partial charge in [-0.05, 0) is 36.2 Å². The lowest BCUT2D eigenvalue weighted by molar-refractivity contribution is -0.128. The molecule has 1 unspecified atom stereocenters. The Labute approximate surface area is 180 Å². The number of aromatic nitrogens is 2. The van der Waals surface area contributed by atoms with Crippen LogP contribution in [0.1, 0.15) is 17.5 Å². The Morgan fingerprint density at radius 3 is 2.19 bits per heavy atom. The second-order valence-electron chi connectivity index (χ2n) is 7.65. The lowest BCUT2D eigenvalue weighted by atomic mass is 10.0. The highest BCUT2D eigenvalue weighted by Gasteiger charge is 2.23. The number of H-pyrrole nitrogens is 2. The molecule has 0 aliphatic heterocycles. The number of amides is 2. The SMILES string of the molecule is NCCCNC(=O)C(Cc1c[nH]c2ccccc12)NC(=O)Cc1c[nH]c2ccccc12. The van der Waals surface area contributed by atoms with E-state index in [9.17, 15) is 9.59 Å². The first kappa shape index (κ1) is 20.7. The van der Waals surface area contributed by atoms with Crippen LogP contribution < -0.4 is 16.4 Å². The number of benzene rings is 2. The highest BCUT2D eigenvalue weighted by molar-refractivity contribution is 5.92. The van der Waals surface area contributed by atoms with Crippen molar-refractivity contribution in [3.05, 3.63) is 72.1 Å². The van der Waals surface area contributed by atoms with Gasteiger partial charge in [0, 0.05) is 47.2 Å². The first-order valence-corrected chi connectivity index (χ1v) is 10.5. The topological polar surface area (TPSA) is 116 Å². The van der Waals surface area contributed by atoms with Gasteiger partial charge in [0.1, 0.15) is 6.04 Å². The number of carbonyl (C=O) groups excluding carboxylic acids is 2. The van der Waals surface area contributed by atoms with Gasteiger partial charge >= 0.3 is 0 Å². The van der Waals surface area contributed by atoms with Gasteiger partial charge in [0.05, 0.1) is 6.42 Å². The first-order chi connectivity index (χ1) is 15.2. The summed E-state index contributed by atoms with van der Waals surface area (Å²) in [6.07, 6.45) is 5.04. The summed E-state index contributed by atoms with van der Waals surface area (Å²) < 4.78 is 0. The Hall–Kier alpha value is -3.58. The van der Waals surface area contributed by atoms with Gasteiger partial charge in [-0.1, -0.05) is 36.4 Å². The fourth-order valence-corrected chi connectivity index (χ4v) is 3.86. The van der Waals surface area contributed by atoms with Gasteiger partial charge in [-0.2, -0.15) is 0 Å². The molecule has 0 aliphatic rings. The van der Waals surface area contributed by atoms with Crippen molar-refractivity contribution < 1.29 is 9.59 Å². The smallest absolute Gasteiger partial charge is 0.242 e. The Balaban J connectivity index is 1.50. The number of rotatable bonds is 9. The summed E-state index contributed by atoms with van der Waals surface area (Å²) in [5.41, 5.74) is 9.42. The zero-order valence-electron chi connectivity index (χ0n) is 17.3. The molecule has 0 spiro atoms. The number of nitrogens with two attached hydrogens (primary N) is 1. The average molecular weight is 418 g/mol. The van der Waals surface area contributed by atoms with E-state index in [0.29, 0.717) is 25.9 Å². The van der Waals surface area contributed by atoms with Crippen LogP contribution in [0.2, 0.25) is 0 Å². The molecule has 4 aromatic rings. The van der Waals surface area contributed by atoms with Crippen LogP contribution in [0.5, 0.6) is 0 Å². The monoisotopic (exact) mass is 417 g/mol. The van der Waals surface area contributed by atoms with Crippen molar-refractivity contribution in [3.8, 4) is 0 Å². The molecule has 31 heavy (non-hydrogen) atoms. The van der Waals surface area contributed by atoms with Crippen molar-refractivity contribution in [1.82, 2.24) is 20.6 Å². The number of nitrogens with one attached hydrogen (secondary N) is 4. The molecule has 2 heterocycles. The van der Waals surface area contributed by atoms with Crippen molar-refractivity contribution in [2.45, 2.75) is 25.3 Å². The normalized spacial score (nSPS) is 12.2. The zero-order chi connectivity index (χ0) is 21.6. The number of para-hydroxylation sites is 2. The fourth-order valence-electron chi connectivity index (χ4n) is 3.86. The largest absolute Gasteiger partial charge is 0.361 e. The molecule has 0 bridgehead atoms. The summed E-state index contributed by atoms with van der Waals surface area (Å²) in [4.78, 5) is 32.1. The Morgan fingerprint density at radius 1 is 0.903 bits per heavy atom. The average Bonchev–Trinajstić information content (AvgIpc) is 3.38. The van der Waals surface area contributed by atoms with Crippen LogP contribution >= 0.6 is 0 Å². The van der Waals surface area contributed by atoms with Crippen LogP contribution in [0.25, 0.3) is 21.8 Å². The van der Waals surface area contributed by atoms with Crippen LogP contribution in [-0.4, -0.2) is 40.9 Å². The number of hydrogen-bond donors (Lipinski definition) is 5. The molecule has 0 aliphatic carbocycles. The van der Waals surface area contributed by atoms with Gasteiger partial charge in [0.2, 0.25) is 11.8 Å². The van der Waals surface area contributed by atoms with Crippen molar-refractivity contribution >= 4 is 33.6 Å². The third-order valence-electron chi connectivity index (χ3n) is 5.46. The zero-order valence-corrected chi connectivity index (χ0v) is 17.3. The maximum absolute atomic E-state index is 12.9. The minimum atomic E-state index is -0.672. The molecule has 2 aromatic heterocycles. The van der Waals surface area contributed by atoms with E-state index in [2.05, 4.69) is 20.6 Å². The predicted octanol–water partition coefficient (Wildman–Crippen LogP) is 2.38. The highest BCUT2D eigenvalue weighted by atomic mass is 16.2. The molecule has 7 heteroatoms. The maximum atomic E-state index is 12.9. The second kappa shape index (κ2) is 9.49. The van der Waals surface area contributed by atoms with Gasteiger partial charge in [0.25, 0.3) is 0 Å². The molecular weight excluding hydrogens is 390 g/mol. The minimum absolute atomic E-state index is 0.191. The minimum Gasteiger partial charge on any atom is -0.361 e. The molecule has 160 valence electrons. The van der Waals surface area contributed by atoms with Crippen molar-refractivity contribution in [2.24, 2.45) is 5.73 Å². The Morgan fingerprint density at radius 2 is 1.52 bits per heavy atom. The lowest BCUT2D eigenvalue weighted by Crippen LogP contribution is -2.48. The van der Waals surface area contributed by atoms with E-state index >= 15 is 0 Å². The van der Waals surface area contributed by atoms with E-state index < -0.39 is 6.04 Å². The molecule has 2 amide bonds. The van der Waals surface area contributed by atoms with Crippen molar-refractivity contribution in [1.29, 1.82) is 0 Å². The number of fused-ring (bicyclic) bond motifs is 2. The van der Waals surface area contributed by atoms with E-state index in [4.69, 9.17) is 5.73 Å². The van der Waals surface area contributed by atoms with Crippen LogP contribution in [0.4, 0.5) is 0 Å². The standard InChI is InChI=1S/C24H27N5O2/c25-10-5-11-26-24(31)22(12-16-14-27-20-8-3-1-6-18(16)20)29-23(30)13-17-15-28-21-9-4-2-7-19(17)21/h1-4,6-9,14-15,22,27-28H,5,10-13,25H2,(H,26,31)(H,29,30). The van der Waals surface area contributed by atoms with Gasteiger partial charge in [-0.3, -0.25) is 9.59 Å². The summed E-state index contributed by atoms with van der Waals surface area (Å²) >= 11 is 0. The lowest BCUT2D eigenvalue weighted by Gasteiger charge is -2.18. The summed E-state index contributed by atoms with van der Waals surface area (Å²) in [6, 6.07) is 15.1. The number of carbonyl (C=O) groups is 2. The van der Waals surface area contributed by atoms with Gasteiger partial charge in [-0.15, -0.1) is 0 Å². The van der Waals surface area contributed by atoms with Crippen molar-refractivity contribution in [2.75, 3.05) is 13.1 Å². The Bertz CT molecular complexity index is 1190. The number of aromatic amines is 2. The quantitative estimate of drug-likeness (QED) is 0.269. The van der Waals surface area contributed by atoms with Crippen LogP contribution in [0.15, 0.2) is 60.9 Å². The molecule has 0 saturated carbocycles. The third-order valence-corrected chi connectivity index (χ3v) is 5.46. The third kappa shape index (κ3) is 4.78.